The zero-order valence-corrected chi connectivity index (χ0v) is 8.76. The molecular formula is C10H21NO. The van der Waals surface area contributed by atoms with Gasteiger partial charge in [-0.3, -0.25) is 0 Å². The first-order valence-corrected chi connectivity index (χ1v) is 4.77. The Kier molecular flexibility index (Phi) is 3.13. The molecule has 72 valence electrons. The fraction of sp³-hybridized carbons (Fsp3) is 1.00. The quantitative estimate of drug-likeness (QED) is 0.596. The number of nitrogens with zero attached hydrogens (tertiary/aromatic N) is 1. The third kappa shape index (κ3) is 3.55. The highest BCUT2D eigenvalue weighted by molar-refractivity contribution is 4.74. The maximum atomic E-state index is 5.68. The molecule has 0 bridgehead atoms. The molecule has 0 saturated carbocycles. The molecule has 0 aromatic rings. The molecule has 1 aliphatic rings. The molecule has 2 nitrogen and oxygen atoms in total. The molecule has 12 heavy (non-hydrogen) atoms. The molecule has 0 N–H and O–H groups in total. The second-order valence-electron chi connectivity index (χ2n) is 5.02. The highest BCUT2D eigenvalue weighted by atomic mass is 16.5. The molecular weight excluding hydrogens is 150 g/mol. The van der Waals surface area contributed by atoms with E-state index in [9.17, 15) is 0 Å². The number of hydrogen-bond donors (Lipinski definition) is 0. The van der Waals surface area contributed by atoms with E-state index in [4.69, 9.17) is 4.74 Å². The van der Waals surface area contributed by atoms with E-state index in [1.165, 1.54) is 0 Å². The first-order valence-electron chi connectivity index (χ1n) is 4.77. The second kappa shape index (κ2) is 3.75. The van der Waals surface area contributed by atoms with Crippen LogP contribution in [-0.2, 0) is 4.74 Å². The van der Waals surface area contributed by atoms with Crippen LogP contribution < -0.4 is 0 Å². The van der Waals surface area contributed by atoms with E-state index in [0.717, 1.165) is 26.1 Å². The van der Waals surface area contributed by atoms with Crippen LogP contribution in [0.2, 0.25) is 0 Å². The van der Waals surface area contributed by atoms with Crippen LogP contribution >= 0.6 is 0 Å². The van der Waals surface area contributed by atoms with E-state index in [2.05, 4.69) is 32.7 Å². The van der Waals surface area contributed by atoms with Gasteiger partial charge in [-0.05, 0) is 18.9 Å². The highest BCUT2D eigenvalue weighted by Crippen LogP contribution is 2.23. The van der Waals surface area contributed by atoms with Crippen LogP contribution in [0.1, 0.15) is 27.2 Å². The number of likely N-dealkylation sites (N-methyl/N-ethyl adjacent to an activating group) is 1. The first-order chi connectivity index (χ1) is 5.47. The Morgan fingerprint density at radius 1 is 1.42 bits per heavy atom. The topological polar surface area (TPSA) is 12.5 Å². The second-order valence-corrected chi connectivity index (χ2v) is 5.02. The first kappa shape index (κ1) is 10.0. The van der Waals surface area contributed by atoms with Crippen LogP contribution in [0, 0.1) is 5.41 Å². The standard InChI is InChI=1S/C10H21NO/c1-10(2,3)7-9-8-11(4)5-6-12-9/h9H,5-8H2,1-4H3. The van der Waals surface area contributed by atoms with Crippen LogP contribution in [0.5, 0.6) is 0 Å². The fourth-order valence-electron chi connectivity index (χ4n) is 1.67. The van der Waals surface area contributed by atoms with Crippen molar-refractivity contribution in [3.8, 4) is 0 Å². The molecule has 0 aliphatic carbocycles. The van der Waals surface area contributed by atoms with Crippen LogP contribution in [-0.4, -0.2) is 37.7 Å². The number of ether oxygens (including phenoxy) is 1. The lowest BCUT2D eigenvalue weighted by molar-refractivity contribution is -0.0375. The number of hydrogen-bond acceptors (Lipinski definition) is 2. The van der Waals surface area contributed by atoms with Gasteiger partial charge in [-0.2, -0.15) is 0 Å². The van der Waals surface area contributed by atoms with E-state index < -0.39 is 0 Å². The monoisotopic (exact) mass is 171 g/mol. The van der Waals surface area contributed by atoms with E-state index >= 15 is 0 Å². The summed E-state index contributed by atoms with van der Waals surface area (Å²) in [5.74, 6) is 0. The Morgan fingerprint density at radius 2 is 2.08 bits per heavy atom. The van der Waals surface area contributed by atoms with Crippen molar-refractivity contribution in [2.45, 2.75) is 33.3 Å². The van der Waals surface area contributed by atoms with Crippen molar-refractivity contribution in [3.05, 3.63) is 0 Å². The molecule has 1 heterocycles. The fourth-order valence-corrected chi connectivity index (χ4v) is 1.67. The smallest absolute Gasteiger partial charge is 0.0707 e. The summed E-state index contributed by atoms with van der Waals surface area (Å²) in [7, 11) is 2.16. The van der Waals surface area contributed by atoms with Crippen molar-refractivity contribution in [1.82, 2.24) is 4.90 Å². The van der Waals surface area contributed by atoms with Crippen LogP contribution in [0.3, 0.4) is 0 Å². The Hall–Kier alpha value is -0.0800. The summed E-state index contributed by atoms with van der Waals surface area (Å²) in [5.41, 5.74) is 0.392. The van der Waals surface area contributed by atoms with Crippen molar-refractivity contribution >= 4 is 0 Å². The van der Waals surface area contributed by atoms with Crippen molar-refractivity contribution in [3.63, 3.8) is 0 Å². The van der Waals surface area contributed by atoms with E-state index in [1.54, 1.807) is 0 Å². The Labute approximate surface area is 75.9 Å². The Balaban J connectivity index is 2.32. The maximum Gasteiger partial charge on any atom is 0.0707 e. The lowest BCUT2D eigenvalue weighted by atomic mass is 9.89. The molecule has 1 rings (SSSR count). The lowest BCUT2D eigenvalue weighted by Crippen LogP contribution is -2.41. The van der Waals surface area contributed by atoms with Gasteiger partial charge in [0.15, 0.2) is 0 Å². The van der Waals surface area contributed by atoms with E-state index in [0.29, 0.717) is 11.5 Å². The molecule has 0 aromatic heterocycles. The van der Waals surface area contributed by atoms with Gasteiger partial charge in [-0.25, -0.2) is 0 Å². The molecule has 0 spiro atoms. The third-order valence-corrected chi connectivity index (χ3v) is 2.18. The van der Waals surface area contributed by atoms with Gasteiger partial charge in [-0.15, -0.1) is 0 Å². The molecule has 0 amide bonds. The highest BCUT2D eigenvalue weighted by Gasteiger charge is 2.23. The molecule has 1 aliphatic heterocycles. The van der Waals surface area contributed by atoms with Crippen molar-refractivity contribution < 1.29 is 4.74 Å². The zero-order valence-electron chi connectivity index (χ0n) is 8.76. The van der Waals surface area contributed by atoms with Crippen molar-refractivity contribution in [2.24, 2.45) is 5.41 Å². The molecule has 1 atom stereocenters. The van der Waals surface area contributed by atoms with Gasteiger partial charge in [0, 0.05) is 13.1 Å². The van der Waals surface area contributed by atoms with Gasteiger partial charge in [0.25, 0.3) is 0 Å². The molecule has 0 radical (unpaired) electrons. The predicted molar refractivity (Wildman–Crippen MR) is 51.3 cm³/mol. The third-order valence-electron chi connectivity index (χ3n) is 2.18. The van der Waals surface area contributed by atoms with Gasteiger partial charge in [0.2, 0.25) is 0 Å². The minimum atomic E-state index is 0.392. The molecule has 2 heteroatoms. The average molecular weight is 171 g/mol. The number of morpholine rings is 1. The van der Waals surface area contributed by atoms with E-state index in [1.807, 2.05) is 0 Å². The van der Waals surface area contributed by atoms with Crippen molar-refractivity contribution in [2.75, 3.05) is 26.7 Å². The summed E-state index contributed by atoms with van der Waals surface area (Å²) in [6.45, 7) is 9.88. The summed E-state index contributed by atoms with van der Waals surface area (Å²) < 4.78 is 5.68. The summed E-state index contributed by atoms with van der Waals surface area (Å²) in [6.07, 6.45) is 1.61. The van der Waals surface area contributed by atoms with Crippen LogP contribution in [0.4, 0.5) is 0 Å². The average Bonchev–Trinajstić information content (AvgIpc) is 1.82. The molecule has 1 saturated heterocycles. The Morgan fingerprint density at radius 3 is 2.58 bits per heavy atom. The minimum Gasteiger partial charge on any atom is -0.376 e. The van der Waals surface area contributed by atoms with Gasteiger partial charge in [0.05, 0.1) is 12.7 Å². The normalized spacial score (nSPS) is 27.5. The predicted octanol–water partition coefficient (Wildman–Crippen LogP) is 1.75. The maximum absolute atomic E-state index is 5.68. The Bertz CT molecular complexity index is 139. The van der Waals surface area contributed by atoms with Gasteiger partial charge >= 0.3 is 0 Å². The SMILES string of the molecule is CN1CCOC(CC(C)(C)C)C1. The summed E-state index contributed by atoms with van der Waals surface area (Å²) in [6, 6.07) is 0. The van der Waals surface area contributed by atoms with Crippen molar-refractivity contribution in [1.29, 1.82) is 0 Å². The molecule has 0 aromatic carbocycles. The molecule has 1 unspecified atom stereocenters. The summed E-state index contributed by atoms with van der Waals surface area (Å²) in [5, 5.41) is 0. The van der Waals surface area contributed by atoms with E-state index in [-0.39, 0.29) is 0 Å². The summed E-state index contributed by atoms with van der Waals surface area (Å²) >= 11 is 0. The number of rotatable bonds is 1. The minimum absolute atomic E-state index is 0.392. The van der Waals surface area contributed by atoms with Gasteiger partial charge < -0.3 is 9.64 Å². The van der Waals surface area contributed by atoms with Crippen LogP contribution in [0.25, 0.3) is 0 Å². The zero-order chi connectivity index (χ0) is 9.19. The van der Waals surface area contributed by atoms with Crippen LogP contribution in [0.15, 0.2) is 0 Å². The van der Waals surface area contributed by atoms with Gasteiger partial charge in [-0.1, -0.05) is 20.8 Å². The summed E-state index contributed by atoms with van der Waals surface area (Å²) in [4.78, 5) is 2.35. The van der Waals surface area contributed by atoms with Gasteiger partial charge in [0.1, 0.15) is 0 Å². The molecule has 1 fully saturated rings. The largest absolute Gasteiger partial charge is 0.376 e. The lowest BCUT2D eigenvalue weighted by Gasteiger charge is -2.33.